The molecule has 0 bridgehead atoms. The van der Waals surface area contributed by atoms with E-state index in [1.807, 2.05) is 20.8 Å². The lowest BCUT2D eigenvalue weighted by Gasteiger charge is -2.16. The van der Waals surface area contributed by atoms with Crippen LogP contribution in [0.3, 0.4) is 0 Å². The van der Waals surface area contributed by atoms with Crippen molar-refractivity contribution in [2.45, 2.75) is 39.2 Å². The zero-order valence-corrected chi connectivity index (χ0v) is 10.8. The highest BCUT2D eigenvalue weighted by Crippen LogP contribution is 2.22. The maximum absolute atomic E-state index is 11.3. The number of aromatic nitrogens is 3. The fraction of sp³-hybridized carbons (Fsp3) is 0.727. The monoisotopic (exact) mass is 240 g/mol. The van der Waals surface area contributed by atoms with Gasteiger partial charge in [0.15, 0.2) is 5.69 Å². The molecule has 2 N–H and O–H groups in total. The fourth-order valence-electron chi connectivity index (χ4n) is 1.75. The minimum atomic E-state index is -0.529. The van der Waals surface area contributed by atoms with E-state index < -0.39 is 5.91 Å². The Morgan fingerprint density at radius 3 is 2.59 bits per heavy atom. The van der Waals surface area contributed by atoms with Crippen LogP contribution in [-0.4, -0.2) is 34.6 Å². The zero-order chi connectivity index (χ0) is 13.0. The van der Waals surface area contributed by atoms with E-state index in [0.717, 1.165) is 12.1 Å². The second-order valence-corrected chi connectivity index (χ2v) is 4.42. The highest BCUT2D eigenvalue weighted by atomic mass is 16.5. The molecule has 1 amide bonds. The van der Waals surface area contributed by atoms with Gasteiger partial charge in [0.2, 0.25) is 0 Å². The second-order valence-electron chi connectivity index (χ2n) is 4.42. The molecule has 0 radical (unpaired) electrons. The number of primary amides is 1. The van der Waals surface area contributed by atoms with Gasteiger partial charge in [-0.2, -0.15) is 0 Å². The van der Waals surface area contributed by atoms with Gasteiger partial charge in [0.05, 0.1) is 11.7 Å². The third kappa shape index (κ3) is 3.03. The summed E-state index contributed by atoms with van der Waals surface area (Å²) in [6, 6.07) is 0.132. The van der Waals surface area contributed by atoms with Gasteiger partial charge in [0.1, 0.15) is 0 Å². The van der Waals surface area contributed by atoms with Gasteiger partial charge in [-0.1, -0.05) is 19.1 Å². The first kappa shape index (κ1) is 13.6. The number of carbonyl (C=O) groups excluding carboxylic acids is 1. The zero-order valence-electron chi connectivity index (χ0n) is 10.8. The molecule has 6 nitrogen and oxygen atoms in total. The molecule has 0 fully saturated rings. The van der Waals surface area contributed by atoms with Crippen molar-refractivity contribution in [3.63, 3.8) is 0 Å². The van der Waals surface area contributed by atoms with Crippen LogP contribution >= 0.6 is 0 Å². The normalized spacial score (nSPS) is 13.0. The van der Waals surface area contributed by atoms with Gasteiger partial charge < -0.3 is 10.5 Å². The Hall–Kier alpha value is -1.43. The molecule has 0 aliphatic heterocycles. The Kier molecular flexibility index (Phi) is 4.62. The standard InChI is InChI=1S/C11H20N4O2/c1-7(2)10-9(11(12)16)13-14-15(10)8(3)5-6-17-4/h7-8H,5-6H2,1-4H3,(H2,12,16). The molecule has 1 aromatic heterocycles. The molecule has 1 rings (SSSR count). The average Bonchev–Trinajstić information content (AvgIpc) is 2.70. The van der Waals surface area contributed by atoms with E-state index in [9.17, 15) is 4.79 Å². The summed E-state index contributed by atoms with van der Waals surface area (Å²) in [5.74, 6) is -0.378. The molecule has 0 aliphatic rings. The van der Waals surface area contributed by atoms with Crippen molar-refractivity contribution in [2.75, 3.05) is 13.7 Å². The van der Waals surface area contributed by atoms with Crippen molar-refractivity contribution < 1.29 is 9.53 Å². The quantitative estimate of drug-likeness (QED) is 0.807. The van der Waals surface area contributed by atoms with Gasteiger partial charge >= 0.3 is 0 Å². The highest BCUT2D eigenvalue weighted by Gasteiger charge is 2.22. The first-order valence-electron chi connectivity index (χ1n) is 5.72. The van der Waals surface area contributed by atoms with Crippen molar-refractivity contribution in [1.82, 2.24) is 15.0 Å². The summed E-state index contributed by atoms with van der Waals surface area (Å²) in [4.78, 5) is 11.3. The van der Waals surface area contributed by atoms with Gasteiger partial charge in [0.25, 0.3) is 5.91 Å². The van der Waals surface area contributed by atoms with Crippen LogP contribution in [-0.2, 0) is 4.74 Å². The third-order valence-electron chi connectivity index (χ3n) is 2.67. The van der Waals surface area contributed by atoms with E-state index in [1.165, 1.54) is 0 Å². The van der Waals surface area contributed by atoms with Crippen LogP contribution in [0.4, 0.5) is 0 Å². The summed E-state index contributed by atoms with van der Waals surface area (Å²) in [6.45, 7) is 6.64. The Morgan fingerprint density at radius 2 is 2.12 bits per heavy atom. The SMILES string of the molecule is COCCC(C)n1nnc(C(N)=O)c1C(C)C. The predicted octanol–water partition coefficient (Wildman–Crippen LogP) is 1.10. The topological polar surface area (TPSA) is 83.0 Å². The van der Waals surface area contributed by atoms with Gasteiger partial charge in [-0.3, -0.25) is 4.79 Å². The number of ether oxygens (including phenoxy) is 1. The summed E-state index contributed by atoms with van der Waals surface area (Å²) in [5.41, 5.74) is 6.35. The summed E-state index contributed by atoms with van der Waals surface area (Å²) < 4.78 is 6.80. The largest absolute Gasteiger partial charge is 0.385 e. The summed E-state index contributed by atoms with van der Waals surface area (Å²) >= 11 is 0. The minimum absolute atomic E-state index is 0.132. The summed E-state index contributed by atoms with van der Waals surface area (Å²) in [6.07, 6.45) is 0.817. The maximum atomic E-state index is 11.3. The van der Waals surface area contributed by atoms with E-state index in [4.69, 9.17) is 10.5 Å². The van der Waals surface area contributed by atoms with Crippen LogP contribution in [0.25, 0.3) is 0 Å². The molecule has 0 aliphatic carbocycles. The smallest absolute Gasteiger partial charge is 0.271 e. The first-order valence-corrected chi connectivity index (χ1v) is 5.72. The van der Waals surface area contributed by atoms with E-state index in [-0.39, 0.29) is 17.7 Å². The fourth-order valence-corrected chi connectivity index (χ4v) is 1.75. The third-order valence-corrected chi connectivity index (χ3v) is 2.67. The molecule has 0 saturated carbocycles. The molecule has 1 atom stereocenters. The van der Waals surface area contributed by atoms with E-state index in [2.05, 4.69) is 10.3 Å². The Labute approximate surface area is 101 Å². The van der Waals surface area contributed by atoms with E-state index in [1.54, 1.807) is 11.8 Å². The van der Waals surface area contributed by atoms with Crippen LogP contribution in [0.2, 0.25) is 0 Å². The maximum Gasteiger partial charge on any atom is 0.271 e. The molecule has 0 aromatic carbocycles. The van der Waals surface area contributed by atoms with Crippen molar-refractivity contribution >= 4 is 5.91 Å². The number of nitrogens with zero attached hydrogens (tertiary/aromatic N) is 3. The van der Waals surface area contributed by atoms with Gasteiger partial charge in [-0.05, 0) is 19.3 Å². The number of carbonyl (C=O) groups is 1. The predicted molar refractivity (Wildman–Crippen MR) is 63.8 cm³/mol. The van der Waals surface area contributed by atoms with Crippen LogP contribution in [0.1, 0.15) is 55.3 Å². The number of hydrogen-bond acceptors (Lipinski definition) is 4. The van der Waals surface area contributed by atoms with Crippen LogP contribution in [0, 0.1) is 0 Å². The highest BCUT2D eigenvalue weighted by molar-refractivity contribution is 5.91. The van der Waals surface area contributed by atoms with E-state index in [0.29, 0.717) is 6.61 Å². The van der Waals surface area contributed by atoms with E-state index >= 15 is 0 Å². The lowest BCUT2D eigenvalue weighted by Crippen LogP contribution is -2.18. The molecular weight excluding hydrogens is 220 g/mol. The number of nitrogens with two attached hydrogens (primary N) is 1. The molecule has 17 heavy (non-hydrogen) atoms. The lowest BCUT2D eigenvalue weighted by atomic mass is 10.1. The van der Waals surface area contributed by atoms with Gasteiger partial charge in [-0.15, -0.1) is 5.10 Å². The summed E-state index contributed by atoms with van der Waals surface area (Å²) in [7, 11) is 1.66. The van der Waals surface area contributed by atoms with Crippen molar-refractivity contribution in [1.29, 1.82) is 0 Å². The molecule has 96 valence electrons. The number of hydrogen-bond donors (Lipinski definition) is 1. The van der Waals surface area contributed by atoms with Gasteiger partial charge in [0, 0.05) is 13.7 Å². The number of rotatable bonds is 6. The number of methoxy groups -OCH3 is 1. The average molecular weight is 240 g/mol. The Balaban J connectivity index is 3.03. The van der Waals surface area contributed by atoms with Crippen LogP contribution in [0.5, 0.6) is 0 Å². The molecule has 0 spiro atoms. The van der Waals surface area contributed by atoms with Crippen LogP contribution < -0.4 is 5.73 Å². The second kappa shape index (κ2) is 5.77. The Bertz CT molecular complexity index is 387. The number of amides is 1. The lowest BCUT2D eigenvalue weighted by molar-refractivity contribution is 0.0994. The Morgan fingerprint density at radius 1 is 1.47 bits per heavy atom. The van der Waals surface area contributed by atoms with Crippen LogP contribution in [0.15, 0.2) is 0 Å². The van der Waals surface area contributed by atoms with Crippen molar-refractivity contribution in [2.24, 2.45) is 5.73 Å². The first-order chi connectivity index (χ1) is 7.99. The summed E-state index contributed by atoms with van der Waals surface area (Å²) in [5, 5.41) is 7.89. The van der Waals surface area contributed by atoms with Crippen molar-refractivity contribution in [3.8, 4) is 0 Å². The van der Waals surface area contributed by atoms with Crippen molar-refractivity contribution in [3.05, 3.63) is 11.4 Å². The molecular formula is C11H20N4O2. The molecule has 1 heterocycles. The molecule has 6 heteroatoms. The van der Waals surface area contributed by atoms with Gasteiger partial charge in [-0.25, -0.2) is 4.68 Å². The molecule has 1 unspecified atom stereocenters. The molecule has 1 aromatic rings. The molecule has 0 saturated heterocycles. The minimum Gasteiger partial charge on any atom is -0.385 e.